The van der Waals surface area contributed by atoms with Crippen LogP contribution in [0.2, 0.25) is 0 Å². The van der Waals surface area contributed by atoms with Gasteiger partial charge in [-0.05, 0) is 96.3 Å². The van der Waals surface area contributed by atoms with Crippen LogP contribution in [0.15, 0.2) is 72.9 Å². The van der Waals surface area contributed by atoms with E-state index in [1.165, 1.54) is 109 Å². The van der Waals surface area contributed by atoms with Crippen molar-refractivity contribution in [3.8, 4) is 0 Å². The SMILES string of the molecule is CC/C=C\C/C=C\C/C=C\C/C=C\CCCCCCC(=O)OCC(COP(=O)(O)OCC(O)COP(=O)(O)OCC(COC(=O)CCCCCCC/C=C\C/C=C\CCCCC)OC(=O)CCCCCCCCCCCCC)OC(=O)CCCCCCCCCCCCCCC. The molecule has 0 aliphatic heterocycles. The van der Waals surface area contributed by atoms with E-state index in [1.807, 2.05) is 0 Å². The third-order valence-electron chi connectivity index (χ3n) is 16.2. The quantitative estimate of drug-likeness (QED) is 0.0169. The van der Waals surface area contributed by atoms with Crippen LogP contribution in [0, 0.1) is 0 Å². The number of carbonyl (C=O) groups is 4. The second-order valence-electron chi connectivity index (χ2n) is 25.6. The first-order valence-corrected chi connectivity index (χ1v) is 41.2. The summed E-state index contributed by atoms with van der Waals surface area (Å²) in [6.07, 6.45) is 68.9. The number of unbranched alkanes of at least 4 members (excludes halogenated alkanes) is 34. The molecule has 0 aliphatic carbocycles. The standard InChI is InChI=1S/C77H138O17P2/c1-5-9-13-17-21-25-29-32-34-35-37-40-43-46-50-54-58-62-75(80)88-68-73(94-77(82)64-60-56-52-48-44-38-31-27-23-19-15-11-7-3)70-92-96(85,86)90-66-71(78)65-89-95(83,84)91-69-72(93-76(81)63-59-55-51-47-41-28-24-20-16-12-8-4)67-87-74(79)61-57-53-49-45-42-39-36-33-30-26-22-18-14-10-6-2/h9,13,21-22,25-26,32-34,36-37,40,71-73,78H,5-8,10-12,14-20,23-24,27-31,35,38-39,41-70H2,1-4H3,(H,83,84)(H,85,86)/b13-9-,25-21-,26-22-,34-32-,36-33-,40-37-. The van der Waals surface area contributed by atoms with E-state index in [2.05, 4.69) is 101 Å². The van der Waals surface area contributed by atoms with Gasteiger partial charge in [-0.2, -0.15) is 0 Å². The Bertz CT molecular complexity index is 2110. The molecule has 19 heteroatoms. The number of ether oxygens (including phenoxy) is 4. The molecular weight excluding hydrogens is 1260 g/mol. The van der Waals surface area contributed by atoms with Crippen molar-refractivity contribution in [3.63, 3.8) is 0 Å². The first-order chi connectivity index (χ1) is 46.7. The molecule has 0 aromatic rings. The number of hydrogen-bond acceptors (Lipinski definition) is 15. The Morgan fingerprint density at radius 3 is 0.854 bits per heavy atom. The van der Waals surface area contributed by atoms with Crippen molar-refractivity contribution < 1.29 is 80.2 Å². The molecule has 0 radical (unpaired) electrons. The minimum absolute atomic E-state index is 0.0942. The second-order valence-corrected chi connectivity index (χ2v) is 28.5. The van der Waals surface area contributed by atoms with Gasteiger partial charge in [0.25, 0.3) is 0 Å². The zero-order valence-corrected chi connectivity index (χ0v) is 62.6. The van der Waals surface area contributed by atoms with Gasteiger partial charge in [-0.25, -0.2) is 9.13 Å². The largest absolute Gasteiger partial charge is 0.472 e. The van der Waals surface area contributed by atoms with Crippen LogP contribution in [0.1, 0.15) is 336 Å². The number of hydrogen-bond donors (Lipinski definition) is 3. The van der Waals surface area contributed by atoms with Crippen molar-refractivity contribution in [3.05, 3.63) is 72.9 Å². The van der Waals surface area contributed by atoms with Gasteiger partial charge in [-0.1, -0.05) is 287 Å². The maximum Gasteiger partial charge on any atom is 0.472 e. The number of phosphoric ester groups is 2. The molecule has 5 atom stereocenters. The molecule has 0 saturated carbocycles. The van der Waals surface area contributed by atoms with Gasteiger partial charge in [0.1, 0.15) is 19.3 Å². The average Bonchev–Trinajstić information content (AvgIpc) is 1.17. The Morgan fingerprint density at radius 1 is 0.302 bits per heavy atom. The summed E-state index contributed by atoms with van der Waals surface area (Å²) in [5.41, 5.74) is 0. The molecule has 0 aromatic heterocycles. The highest BCUT2D eigenvalue weighted by Gasteiger charge is 2.30. The topological polar surface area (TPSA) is 237 Å². The highest BCUT2D eigenvalue weighted by molar-refractivity contribution is 7.47. The smallest absolute Gasteiger partial charge is 0.462 e. The van der Waals surface area contributed by atoms with Gasteiger partial charge in [0, 0.05) is 25.7 Å². The lowest BCUT2D eigenvalue weighted by atomic mass is 10.0. The van der Waals surface area contributed by atoms with Crippen molar-refractivity contribution in [2.45, 2.75) is 354 Å². The van der Waals surface area contributed by atoms with Crippen molar-refractivity contribution >= 4 is 39.5 Å². The molecule has 96 heavy (non-hydrogen) atoms. The zero-order chi connectivity index (χ0) is 70.4. The number of esters is 4. The van der Waals surface area contributed by atoms with Crippen LogP contribution in [-0.2, 0) is 65.4 Å². The van der Waals surface area contributed by atoms with Crippen molar-refractivity contribution in [1.29, 1.82) is 0 Å². The molecule has 0 bridgehead atoms. The van der Waals surface area contributed by atoms with E-state index < -0.39 is 97.5 Å². The van der Waals surface area contributed by atoms with Gasteiger partial charge >= 0.3 is 39.5 Å². The Morgan fingerprint density at radius 2 is 0.542 bits per heavy atom. The molecule has 0 amide bonds. The number of allylic oxidation sites excluding steroid dienone is 12. The Hall–Kier alpha value is -3.50. The summed E-state index contributed by atoms with van der Waals surface area (Å²) in [7, 11) is -9.94. The van der Waals surface area contributed by atoms with Gasteiger partial charge in [0.05, 0.1) is 26.4 Å². The number of aliphatic hydroxyl groups excluding tert-OH is 1. The fourth-order valence-corrected chi connectivity index (χ4v) is 11.9. The monoisotopic (exact) mass is 1400 g/mol. The summed E-state index contributed by atoms with van der Waals surface area (Å²) < 4.78 is 68.4. The lowest BCUT2D eigenvalue weighted by Gasteiger charge is -2.21. The lowest BCUT2D eigenvalue weighted by Crippen LogP contribution is -2.30. The first kappa shape index (κ1) is 92.5. The van der Waals surface area contributed by atoms with Crippen LogP contribution in [0.3, 0.4) is 0 Å². The van der Waals surface area contributed by atoms with E-state index in [0.717, 1.165) is 148 Å². The third kappa shape index (κ3) is 69.0. The fraction of sp³-hybridized carbons (Fsp3) is 0.792. The average molecular weight is 1400 g/mol. The summed E-state index contributed by atoms with van der Waals surface area (Å²) in [4.78, 5) is 72.8. The number of rotatable bonds is 72. The fourth-order valence-electron chi connectivity index (χ4n) is 10.4. The summed E-state index contributed by atoms with van der Waals surface area (Å²) in [6.45, 7) is 4.72. The molecule has 5 unspecified atom stereocenters. The second kappa shape index (κ2) is 70.0. The predicted octanol–water partition coefficient (Wildman–Crippen LogP) is 21.7. The van der Waals surface area contributed by atoms with Crippen LogP contribution in [0.25, 0.3) is 0 Å². The maximum atomic E-state index is 13.1. The van der Waals surface area contributed by atoms with Crippen molar-refractivity contribution in [2.24, 2.45) is 0 Å². The van der Waals surface area contributed by atoms with E-state index in [1.54, 1.807) is 0 Å². The predicted molar refractivity (Wildman–Crippen MR) is 390 cm³/mol. The van der Waals surface area contributed by atoms with Gasteiger partial charge in [-0.15, -0.1) is 0 Å². The van der Waals surface area contributed by atoms with Gasteiger partial charge < -0.3 is 33.8 Å². The molecule has 558 valence electrons. The third-order valence-corrected chi connectivity index (χ3v) is 18.1. The number of aliphatic hydroxyl groups is 1. The molecule has 17 nitrogen and oxygen atoms in total. The summed E-state index contributed by atoms with van der Waals surface area (Å²) in [5, 5.41) is 10.6. The molecule has 0 rings (SSSR count). The van der Waals surface area contributed by atoms with E-state index in [4.69, 9.17) is 37.0 Å². The minimum Gasteiger partial charge on any atom is -0.462 e. The highest BCUT2D eigenvalue weighted by Crippen LogP contribution is 2.45. The highest BCUT2D eigenvalue weighted by atomic mass is 31.2. The molecule has 0 aromatic carbocycles. The van der Waals surface area contributed by atoms with Crippen LogP contribution < -0.4 is 0 Å². The van der Waals surface area contributed by atoms with Crippen LogP contribution in [-0.4, -0.2) is 96.7 Å². The minimum atomic E-state index is -4.97. The normalized spacial score (nSPS) is 14.4. The van der Waals surface area contributed by atoms with Crippen LogP contribution in [0.5, 0.6) is 0 Å². The van der Waals surface area contributed by atoms with Crippen molar-refractivity contribution in [2.75, 3.05) is 39.6 Å². The van der Waals surface area contributed by atoms with Gasteiger partial charge in [0.15, 0.2) is 12.2 Å². The van der Waals surface area contributed by atoms with Gasteiger partial charge in [0.2, 0.25) is 0 Å². The van der Waals surface area contributed by atoms with E-state index in [0.29, 0.717) is 25.7 Å². The molecule has 3 N–H and O–H groups in total. The van der Waals surface area contributed by atoms with E-state index in [-0.39, 0.29) is 25.7 Å². The molecule has 0 aliphatic rings. The summed E-state index contributed by atoms with van der Waals surface area (Å²) in [5.74, 6) is -2.19. The Balaban J connectivity index is 5.32. The molecule has 0 saturated heterocycles. The molecule has 0 spiro atoms. The van der Waals surface area contributed by atoms with E-state index in [9.17, 15) is 43.2 Å². The Labute approximate surface area is 583 Å². The summed E-state index contributed by atoms with van der Waals surface area (Å²) in [6, 6.07) is 0. The first-order valence-electron chi connectivity index (χ1n) is 38.2. The van der Waals surface area contributed by atoms with Gasteiger partial charge in [-0.3, -0.25) is 37.3 Å². The lowest BCUT2D eigenvalue weighted by molar-refractivity contribution is -0.161. The summed E-state index contributed by atoms with van der Waals surface area (Å²) >= 11 is 0. The van der Waals surface area contributed by atoms with Crippen LogP contribution in [0.4, 0.5) is 0 Å². The molecule has 0 fully saturated rings. The number of carbonyl (C=O) groups excluding carboxylic acids is 4. The van der Waals surface area contributed by atoms with Crippen molar-refractivity contribution in [1.82, 2.24) is 0 Å². The van der Waals surface area contributed by atoms with E-state index >= 15 is 0 Å². The molecular formula is C77H138O17P2. The number of phosphoric acid groups is 2. The maximum absolute atomic E-state index is 13.1. The van der Waals surface area contributed by atoms with Crippen LogP contribution >= 0.6 is 15.6 Å². The Kier molecular flexibility index (Phi) is 67.4. The molecule has 0 heterocycles. The zero-order valence-electron chi connectivity index (χ0n) is 60.8.